The Bertz CT molecular complexity index is 76.6. The van der Waals surface area contributed by atoms with Gasteiger partial charge in [0.2, 0.25) is 0 Å². The fourth-order valence-electron chi connectivity index (χ4n) is 1.11. The third-order valence-electron chi connectivity index (χ3n) is 1.54. The molecule has 0 aliphatic carbocycles. The van der Waals surface area contributed by atoms with Crippen LogP contribution in [0.5, 0.6) is 0 Å². The van der Waals surface area contributed by atoms with E-state index in [0.717, 1.165) is 0 Å². The SMILES string of the molecule is [CH]=NC(C(C)C)C(C)C. The van der Waals surface area contributed by atoms with E-state index in [1.807, 2.05) is 0 Å². The molecule has 0 spiro atoms. The van der Waals surface area contributed by atoms with Gasteiger partial charge in [-0.2, -0.15) is 0 Å². The van der Waals surface area contributed by atoms with Crippen molar-refractivity contribution in [2.45, 2.75) is 33.7 Å². The average molecular weight is 126 g/mol. The lowest BCUT2D eigenvalue weighted by molar-refractivity contribution is 0.391. The summed E-state index contributed by atoms with van der Waals surface area (Å²) in [5.74, 6) is 1.13. The summed E-state index contributed by atoms with van der Waals surface area (Å²) in [6.07, 6.45) is 0. The van der Waals surface area contributed by atoms with E-state index in [4.69, 9.17) is 6.72 Å². The van der Waals surface area contributed by atoms with E-state index in [1.165, 1.54) is 0 Å². The van der Waals surface area contributed by atoms with E-state index in [0.29, 0.717) is 17.9 Å². The first kappa shape index (κ1) is 8.67. The van der Waals surface area contributed by atoms with Crippen LogP contribution in [0.1, 0.15) is 27.7 Å². The van der Waals surface area contributed by atoms with Crippen LogP contribution in [0.3, 0.4) is 0 Å². The van der Waals surface area contributed by atoms with Crippen molar-refractivity contribution < 1.29 is 0 Å². The minimum absolute atomic E-state index is 0.324. The number of aliphatic imine (C=N–C) groups is 1. The number of hydrogen-bond acceptors (Lipinski definition) is 1. The molecule has 0 fully saturated rings. The van der Waals surface area contributed by atoms with Gasteiger partial charge in [0.15, 0.2) is 0 Å². The zero-order chi connectivity index (χ0) is 7.44. The normalized spacial score (nSPS) is 11.4. The Morgan fingerprint density at radius 2 is 1.33 bits per heavy atom. The average Bonchev–Trinajstić information content (AvgIpc) is 1.64. The molecule has 0 aromatic heterocycles. The van der Waals surface area contributed by atoms with Crippen molar-refractivity contribution in [2.75, 3.05) is 0 Å². The highest BCUT2D eigenvalue weighted by Crippen LogP contribution is 2.14. The van der Waals surface area contributed by atoms with Crippen molar-refractivity contribution in [3.63, 3.8) is 0 Å². The number of rotatable bonds is 3. The lowest BCUT2D eigenvalue weighted by Gasteiger charge is -2.18. The van der Waals surface area contributed by atoms with E-state index in [-0.39, 0.29) is 0 Å². The summed E-state index contributed by atoms with van der Waals surface area (Å²) in [5, 5.41) is 0. The quantitative estimate of drug-likeness (QED) is 0.514. The predicted molar refractivity (Wildman–Crippen MR) is 42.0 cm³/mol. The monoisotopic (exact) mass is 126 g/mol. The molecule has 53 valence electrons. The lowest BCUT2D eigenvalue weighted by Crippen LogP contribution is -2.18. The Hall–Kier alpha value is -0.330. The molecule has 0 rings (SSSR count). The van der Waals surface area contributed by atoms with Gasteiger partial charge in [-0.25, -0.2) is 0 Å². The van der Waals surface area contributed by atoms with Crippen LogP contribution in [0.15, 0.2) is 4.99 Å². The summed E-state index contributed by atoms with van der Waals surface area (Å²) in [6.45, 7) is 13.8. The van der Waals surface area contributed by atoms with Crippen LogP contribution < -0.4 is 0 Å². The maximum absolute atomic E-state index is 5.20. The molecule has 0 aromatic rings. The summed E-state index contributed by atoms with van der Waals surface area (Å²) < 4.78 is 0. The van der Waals surface area contributed by atoms with Crippen molar-refractivity contribution in [1.29, 1.82) is 0 Å². The molecular weight excluding hydrogens is 110 g/mol. The molecule has 0 aliphatic rings. The maximum atomic E-state index is 5.20. The highest BCUT2D eigenvalue weighted by Gasteiger charge is 2.13. The van der Waals surface area contributed by atoms with Crippen LogP contribution in [-0.4, -0.2) is 12.8 Å². The molecule has 0 amide bonds. The van der Waals surface area contributed by atoms with Gasteiger partial charge in [-0.1, -0.05) is 27.7 Å². The van der Waals surface area contributed by atoms with Crippen molar-refractivity contribution in [2.24, 2.45) is 16.8 Å². The van der Waals surface area contributed by atoms with Gasteiger partial charge in [-0.15, -0.1) is 0 Å². The first-order valence-electron chi connectivity index (χ1n) is 3.49. The molecule has 0 saturated heterocycles. The maximum Gasteiger partial charge on any atom is 0.0546 e. The van der Waals surface area contributed by atoms with Gasteiger partial charge in [0.25, 0.3) is 0 Å². The van der Waals surface area contributed by atoms with Crippen LogP contribution in [0.4, 0.5) is 0 Å². The predicted octanol–water partition coefficient (Wildman–Crippen LogP) is 2.24. The first-order chi connectivity index (χ1) is 4.09. The molecule has 0 aromatic carbocycles. The summed E-state index contributed by atoms with van der Waals surface area (Å²) in [7, 11) is 0. The molecule has 1 heteroatoms. The van der Waals surface area contributed by atoms with Crippen LogP contribution in [-0.2, 0) is 0 Å². The lowest BCUT2D eigenvalue weighted by atomic mass is 9.94. The van der Waals surface area contributed by atoms with E-state index in [2.05, 4.69) is 32.7 Å². The van der Waals surface area contributed by atoms with E-state index in [1.54, 1.807) is 0 Å². The molecule has 0 bridgehead atoms. The molecule has 0 N–H and O–H groups in total. The van der Waals surface area contributed by atoms with Crippen LogP contribution in [0, 0.1) is 11.8 Å². The summed E-state index contributed by atoms with van der Waals surface area (Å²) in [4.78, 5) is 3.79. The zero-order valence-corrected chi connectivity index (χ0v) is 6.76. The molecule has 0 unspecified atom stereocenters. The second-order valence-corrected chi connectivity index (χ2v) is 3.13. The van der Waals surface area contributed by atoms with E-state index >= 15 is 0 Å². The second kappa shape index (κ2) is 3.65. The summed E-state index contributed by atoms with van der Waals surface area (Å²) >= 11 is 0. The minimum atomic E-state index is 0.324. The van der Waals surface area contributed by atoms with Crippen LogP contribution in [0.25, 0.3) is 0 Å². The zero-order valence-electron chi connectivity index (χ0n) is 6.76. The molecule has 1 radical (unpaired) electrons. The second-order valence-electron chi connectivity index (χ2n) is 3.13. The van der Waals surface area contributed by atoms with Crippen LogP contribution >= 0.6 is 0 Å². The topological polar surface area (TPSA) is 12.4 Å². The van der Waals surface area contributed by atoms with Gasteiger partial charge in [-0.3, -0.25) is 4.99 Å². The molecular formula is C8H16N. The minimum Gasteiger partial charge on any atom is -0.288 e. The fraction of sp³-hybridized carbons (Fsp3) is 0.875. The molecule has 0 aliphatic heterocycles. The van der Waals surface area contributed by atoms with Gasteiger partial charge in [0.05, 0.1) is 6.04 Å². The van der Waals surface area contributed by atoms with Gasteiger partial charge in [-0.05, 0) is 11.8 Å². The highest BCUT2D eigenvalue weighted by atomic mass is 14.8. The smallest absolute Gasteiger partial charge is 0.0546 e. The van der Waals surface area contributed by atoms with Crippen molar-refractivity contribution in [3.05, 3.63) is 0 Å². The van der Waals surface area contributed by atoms with Crippen LogP contribution in [0.2, 0.25) is 0 Å². The van der Waals surface area contributed by atoms with Crippen molar-refractivity contribution in [3.8, 4) is 0 Å². The van der Waals surface area contributed by atoms with Gasteiger partial charge in [0, 0.05) is 6.72 Å². The number of nitrogens with zero attached hydrogens (tertiary/aromatic N) is 1. The highest BCUT2D eigenvalue weighted by molar-refractivity contribution is 5.24. The molecule has 9 heavy (non-hydrogen) atoms. The Morgan fingerprint density at radius 1 is 1.00 bits per heavy atom. The van der Waals surface area contributed by atoms with Gasteiger partial charge in [0.1, 0.15) is 0 Å². The molecule has 0 heterocycles. The first-order valence-corrected chi connectivity index (χ1v) is 3.49. The molecule has 0 atom stereocenters. The van der Waals surface area contributed by atoms with Gasteiger partial charge >= 0.3 is 0 Å². The third kappa shape index (κ3) is 2.64. The number of hydrogen-bond donors (Lipinski definition) is 0. The van der Waals surface area contributed by atoms with Crippen molar-refractivity contribution in [1.82, 2.24) is 0 Å². The third-order valence-corrected chi connectivity index (χ3v) is 1.54. The Balaban J connectivity index is 3.82. The van der Waals surface area contributed by atoms with Crippen molar-refractivity contribution >= 4 is 6.72 Å². The van der Waals surface area contributed by atoms with Gasteiger partial charge < -0.3 is 0 Å². The molecule has 0 saturated carbocycles. The Morgan fingerprint density at radius 3 is 1.33 bits per heavy atom. The van der Waals surface area contributed by atoms with E-state index in [9.17, 15) is 0 Å². The fourth-order valence-corrected chi connectivity index (χ4v) is 1.11. The molecule has 1 nitrogen and oxygen atoms in total. The Kier molecular flexibility index (Phi) is 3.52. The standard InChI is InChI=1S/C8H16N/c1-6(2)8(9-5)7(3)4/h5-8H,1-4H3. The largest absolute Gasteiger partial charge is 0.288 e. The van der Waals surface area contributed by atoms with E-state index < -0.39 is 0 Å². The summed E-state index contributed by atoms with van der Waals surface area (Å²) in [6, 6.07) is 0.324. The Labute approximate surface area is 58.2 Å². The summed E-state index contributed by atoms with van der Waals surface area (Å²) in [5.41, 5.74) is 0.